The third kappa shape index (κ3) is 8.33. The number of para-hydroxylation sites is 1. The average Bonchev–Trinajstić information content (AvgIpc) is 2.68. The molecule has 6 heteroatoms. The first kappa shape index (κ1) is 22.8. The second-order valence-electron chi connectivity index (χ2n) is 6.42. The van der Waals surface area contributed by atoms with Gasteiger partial charge in [-0.25, -0.2) is 0 Å². The Morgan fingerprint density at radius 2 is 1.59 bits per heavy atom. The molecule has 0 aliphatic rings. The van der Waals surface area contributed by atoms with Crippen LogP contribution >= 0.6 is 0 Å². The second kappa shape index (κ2) is 13.0. The molecule has 1 aromatic rings. The third-order valence-electron chi connectivity index (χ3n) is 4.38. The van der Waals surface area contributed by atoms with E-state index in [1.807, 2.05) is 0 Å². The maximum Gasteiger partial charge on any atom is 0.311 e. The molecule has 0 spiro atoms. The van der Waals surface area contributed by atoms with Gasteiger partial charge in [-0.05, 0) is 30.9 Å². The highest BCUT2D eigenvalue weighted by Crippen LogP contribution is 2.37. The van der Waals surface area contributed by atoms with Gasteiger partial charge in [0.05, 0.1) is 20.8 Å². The first-order valence-corrected chi connectivity index (χ1v) is 9.62. The van der Waals surface area contributed by atoms with Crippen LogP contribution in [0.15, 0.2) is 18.2 Å². The molecule has 0 aliphatic carbocycles. The van der Waals surface area contributed by atoms with Crippen molar-refractivity contribution in [3.05, 3.63) is 18.2 Å². The zero-order valence-corrected chi connectivity index (χ0v) is 16.9. The van der Waals surface area contributed by atoms with E-state index < -0.39 is 5.97 Å². The predicted molar refractivity (Wildman–Crippen MR) is 103 cm³/mol. The summed E-state index contributed by atoms with van der Waals surface area (Å²) < 4.78 is 21.1. The molecule has 0 radical (unpaired) electrons. The van der Waals surface area contributed by atoms with Crippen LogP contribution in [0.1, 0.15) is 58.8 Å². The fourth-order valence-corrected chi connectivity index (χ4v) is 2.64. The first-order chi connectivity index (χ1) is 13.0. The van der Waals surface area contributed by atoms with Crippen molar-refractivity contribution in [2.45, 2.75) is 58.8 Å². The number of benzene rings is 1. The zero-order valence-electron chi connectivity index (χ0n) is 16.9. The van der Waals surface area contributed by atoms with Crippen LogP contribution in [-0.4, -0.2) is 32.8 Å². The van der Waals surface area contributed by atoms with Gasteiger partial charge in [0, 0.05) is 12.8 Å². The maximum atomic E-state index is 12.1. The molecule has 0 saturated heterocycles. The Morgan fingerprint density at radius 3 is 2.15 bits per heavy atom. The van der Waals surface area contributed by atoms with Crippen molar-refractivity contribution < 1.29 is 28.5 Å². The van der Waals surface area contributed by atoms with Crippen LogP contribution in [-0.2, 0) is 14.3 Å². The minimum Gasteiger partial charge on any atom is -0.493 e. The second-order valence-corrected chi connectivity index (χ2v) is 6.42. The molecule has 1 atom stereocenters. The molecule has 0 bridgehead atoms. The lowest BCUT2D eigenvalue weighted by molar-refractivity contribution is -0.145. The summed E-state index contributed by atoms with van der Waals surface area (Å²) in [5.41, 5.74) is 0. The lowest BCUT2D eigenvalue weighted by Crippen LogP contribution is -2.15. The van der Waals surface area contributed by atoms with E-state index in [2.05, 4.69) is 13.8 Å². The Hall–Kier alpha value is -2.24. The Morgan fingerprint density at radius 1 is 0.963 bits per heavy atom. The highest BCUT2D eigenvalue weighted by Gasteiger charge is 2.16. The summed E-state index contributed by atoms with van der Waals surface area (Å²) >= 11 is 0. The van der Waals surface area contributed by atoms with Gasteiger partial charge in [0.25, 0.3) is 0 Å². The van der Waals surface area contributed by atoms with Crippen molar-refractivity contribution in [3.8, 4) is 17.2 Å². The molecule has 0 heterocycles. The molecule has 0 aliphatic heterocycles. The lowest BCUT2D eigenvalue weighted by Gasteiger charge is -2.14. The molecule has 1 aromatic carbocycles. The van der Waals surface area contributed by atoms with Crippen LogP contribution in [0, 0.1) is 5.92 Å². The summed E-state index contributed by atoms with van der Waals surface area (Å²) in [6.07, 6.45) is 5.05. The molecule has 1 rings (SSSR count). The SMILES string of the molecule is CCCCC(CC)COC(=O)CCCC(=O)Oc1c(OC)cccc1OC. The summed E-state index contributed by atoms with van der Waals surface area (Å²) in [6.45, 7) is 4.72. The first-order valence-electron chi connectivity index (χ1n) is 9.62. The fourth-order valence-electron chi connectivity index (χ4n) is 2.64. The molecule has 152 valence electrons. The van der Waals surface area contributed by atoms with Gasteiger partial charge in [-0.15, -0.1) is 0 Å². The Labute approximate surface area is 162 Å². The van der Waals surface area contributed by atoms with E-state index in [4.69, 9.17) is 18.9 Å². The molecule has 0 amide bonds. The van der Waals surface area contributed by atoms with E-state index in [-0.39, 0.29) is 24.6 Å². The van der Waals surface area contributed by atoms with Crippen LogP contribution in [0.25, 0.3) is 0 Å². The topological polar surface area (TPSA) is 71.1 Å². The average molecular weight is 380 g/mol. The standard InChI is InChI=1S/C21H32O6/c1-5-7-10-16(6-2)15-26-19(22)13-9-14-20(23)27-21-17(24-3)11-8-12-18(21)25-4/h8,11-12,16H,5-7,9-10,13-15H2,1-4H3. The number of rotatable bonds is 13. The van der Waals surface area contributed by atoms with Crippen LogP contribution in [0.2, 0.25) is 0 Å². The number of ether oxygens (including phenoxy) is 4. The van der Waals surface area contributed by atoms with Crippen molar-refractivity contribution in [1.29, 1.82) is 0 Å². The number of esters is 2. The number of hydrogen-bond acceptors (Lipinski definition) is 6. The summed E-state index contributed by atoms with van der Waals surface area (Å²) in [4.78, 5) is 23.9. The van der Waals surface area contributed by atoms with Crippen molar-refractivity contribution in [1.82, 2.24) is 0 Å². The molecular formula is C21H32O6. The summed E-state index contributed by atoms with van der Waals surface area (Å²) in [5.74, 6) is 0.779. The molecule has 27 heavy (non-hydrogen) atoms. The van der Waals surface area contributed by atoms with Crippen LogP contribution in [0.3, 0.4) is 0 Å². The number of unbranched alkanes of at least 4 members (excludes halogenated alkanes) is 1. The van der Waals surface area contributed by atoms with Gasteiger partial charge in [0.2, 0.25) is 5.75 Å². The normalized spacial score (nSPS) is 11.6. The minimum absolute atomic E-state index is 0.114. The zero-order chi connectivity index (χ0) is 20.1. The van der Waals surface area contributed by atoms with Gasteiger partial charge < -0.3 is 18.9 Å². The Bertz CT molecular complexity index is 562. The van der Waals surface area contributed by atoms with E-state index in [0.29, 0.717) is 30.4 Å². The van der Waals surface area contributed by atoms with Gasteiger partial charge in [-0.1, -0.05) is 39.2 Å². The number of carbonyl (C=O) groups is 2. The molecule has 0 fully saturated rings. The van der Waals surface area contributed by atoms with Gasteiger partial charge in [0.15, 0.2) is 11.5 Å². The highest BCUT2D eigenvalue weighted by molar-refractivity contribution is 5.75. The monoisotopic (exact) mass is 380 g/mol. The molecule has 6 nitrogen and oxygen atoms in total. The predicted octanol–water partition coefficient (Wildman–Crippen LogP) is 4.54. The number of methoxy groups -OCH3 is 2. The fraction of sp³-hybridized carbons (Fsp3) is 0.619. The molecule has 0 aromatic heterocycles. The molecule has 0 saturated carbocycles. The van der Waals surface area contributed by atoms with Gasteiger partial charge in [-0.3, -0.25) is 9.59 Å². The van der Waals surface area contributed by atoms with Gasteiger partial charge in [-0.2, -0.15) is 0 Å². The minimum atomic E-state index is -0.444. The molecular weight excluding hydrogens is 348 g/mol. The molecule has 0 N–H and O–H groups in total. The summed E-state index contributed by atoms with van der Waals surface area (Å²) in [7, 11) is 2.98. The van der Waals surface area contributed by atoms with Gasteiger partial charge in [0.1, 0.15) is 0 Å². The van der Waals surface area contributed by atoms with Crippen LogP contribution in [0.5, 0.6) is 17.2 Å². The quantitative estimate of drug-likeness (QED) is 0.370. The molecule has 1 unspecified atom stereocenters. The van der Waals surface area contributed by atoms with E-state index in [9.17, 15) is 9.59 Å². The van der Waals surface area contributed by atoms with Crippen molar-refractivity contribution in [3.63, 3.8) is 0 Å². The number of hydrogen-bond donors (Lipinski definition) is 0. The number of carbonyl (C=O) groups excluding carboxylic acids is 2. The third-order valence-corrected chi connectivity index (χ3v) is 4.38. The van der Waals surface area contributed by atoms with Crippen molar-refractivity contribution >= 4 is 11.9 Å². The Kier molecular flexibility index (Phi) is 11.0. The van der Waals surface area contributed by atoms with Crippen molar-refractivity contribution in [2.24, 2.45) is 5.92 Å². The largest absolute Gasteiger partial charge is 0.493 e. The lowest BCUT2D eigenvalue weighted by atomic mass is 10.0. The smallest absolute Gasteiger partial charge is 0.311 e. The van der Waals surface area contributed by atoms with Crippen LogP contribution < -0.4 is 14.2 Å². The van der Waals surface area contributed by atoms with E-state index in [0.717, 1.165) is 25.7 Å². The van der Waals surface area contributed by atoms with Crippen LogP contribution in [0.4, 0.5) is 0 Å². The maximum absolute atomic E-state index is 12.1. The van der Waals surface area contributed by atoms with E-state index >= 15 is 0 Å². The van der Waals surface area contributed by atoms with Crippen molar-refractivity contribution in [2.75, 3.05) is 20.8 Å². The summed E-state index contributed by atoms with van der Waals surface area (Å²) in [6, 6.07) is 5.12. The van der Waals surface area contributed by atoms with E-state index in [1.165, 1.54) is 14.2 Å². The highest BCUT2D eigenvalue weighted by atomic mass is 16.6. The Balaban J connectivity index is 2.38. The summed E-state index contributed by atoms with van der Waals surface area (Å²) in [5, 5.41) is 0. The van der Waals surface area contributed by atoms with Gasteiger partial charge >= 0.3 is 11.9 Å². The van der Waals surface area contributed by atoms with E-state index in [1.54, 1.807) is 18.2 Å².